The molecule has 0 aliphatic rings. The summed E-state index contributed by atoms with van der Waals surface area (Å²) in [5.74, 6) is 4.83. The summed E-state index contributed by atoms with van der Waals surface area (Å²) in [7, 11) is 0. The summed E-state index contributed by atoms with van der Waals surface area (Å²) in [4.78, 5) is 24.0. The summed E-state index contributed by atoms with van der Waals surface area (Å²) in [6.07, 6.45) is 5.83. The summed E-state index contributed by atoms with van der Waals surface area (Å²) < 4.78 is 0. The first kappa shape index (κ1) is 12.2. The highest BCUT2D eigenvalue weighted by atomic mass is 32.1. The Kier molecular flexibility index (Phi) is 3.96. The Bertz CT molecular complexity index is 600. The second-order valence-corrected chi connectivity index (χ2v) is 4.06. The van der Waals surface area contributed by atoms with Gasteiger partial charge in [-0.2, -0.15) is 0 Å². The minimum absolute atomic E-state index is 0.209. The van der Waals surface area contributed by atoms with Crippen LogP contribution in [0.1, 0.15) is 15.4 Å². The van der Waals surface area contributed by atoms with E-state index in [1.165, 1.54) is 36.1 Å². The maximum Gasteiger partial charge on any atom is 0.277 e. The molecule has 0 saturated heterocycles. The van der Waals surface area contributed by atoms with Gasteiger partial charge in [-0.3, -0.25) is 15.1 Å². The molecular weight excluding hydrogens is 252 g/mol. The Morgan fingerprint density at radius 1 is 1.39 bits per heavy atom. The van der Waals surface area contributed by atoms with Gasteiger partial charge >= 0.3 is 0 Å². The van der Waals surface area contributed by atoms with E-state index in [1.54, 1.807) is 0 Å². The number of aliphatic hydroxyl groups is 1. The number of carbonyl (C=O) groups excluding carboxylic acids is 1. The highest BCUT2D eigenvalue weighted by molar-refractivity contribution is 7.16. The Labute approximate surface area is 107 Å². The van der Waals surface area contributed by atoms with Crippen molar-refractivity contribution < 1.29 is 9.90 Å². The van der Waals surface area contributed by atoms with Crippen LogP contribution in [-0.2, 0) is 0 Å². The highest BCUT2D eigenvalue weighted by Gasteiger charge is 2.09. The summed E-state index contributed by atoms with van der Waals surface area (Å²) in [5, 5.41) is 11.6. The lowest BCUT2D eigenvalue weighted by Gasteiger charge is -1.98. The molecule has 0 unspecified atom stereocenters. The molecule has 0 atom stereocenters. The van der Waals surface area contributed by atoms with Crippen LogP contribution in [0.5, 0.6) is 0 Å². The van der Waals surface area contributed by atoms with Crippen LogP contribution < -0.4 is 5.32 Å². The molecule has 7 heteroatoms. The molecular formula is C11H8N4O2S. The van der Waals surface area contributed by atoms with Crippen LogP contribution in [0.4, 0.5) is 5.13 Å². The number of hydrogen-bond acceptors (Lipinski definition) is 6. The Hall–Kier alpha value is -2.30. The van der Waals surface area contributed by atoms with E-state index in [-0.39, 0.29) is 18.2 Å². The van der Waals surface area contributed by atoms with Crippen molar-refractivity contribution in [1.82, 2.24) is 15.0 Å². The van der Waals surface area contributed by atoms with Gasteiger partial charge in [0.1, 0.15) is 12.3 Å². The minimum Gasteiger partial charge on any atom is -0.384 e. The topological polar surface area (TPSA) is 88.0 Å². The van der Waals surface area contributed by atoms with Gasteiger partial charge in [0.05, 0.1) is 17.3 Å². The molecule has 18 heavy (non-hydrogen) atoms. The van der Waals surface area contributed by atoms with Crippen LogP contribution in [0.15, 0.2) is 24.8 Å². The fourth-order valence-electron chi connectivity index (χ4n) is 1.09. The smallest absolute Gasteiger partial charge is 0.277 e. The molecule has 1 amide bonds. The van der Waals surface area contributed by atoms with Crippen LogP contribution in [0.2, 0.25) is 0 Å². The van der Waals surface area contributed by atoms with E-state index in [0.29, 0.717) is 10.0 Å². The van der Waals surface area contributed by atoms with Gasteiger partial charge < -0.3 is 5.11 Å². The maximum absolute atomic E-state index is 11.7. The van der Waals surface area contributed by atoms with E-state index in [0.717, 1.165) is 0 Å². The third-order valence-electron chi connectivity index (χ3n) is 1.81. The third kappa shape index (κ3) is 3.10. The zero-order valence-electron chi connectivity index (χ0n) is 9.12. The fraction of sp³-hybridized carbons (Fsp3) is 0.0909. The Balaban J connectivity index is 2.06. The third-order valence-corrected chi connectivity index (χ3v) is 2.64. The molecule has 0 aliphatic carbocycles. The standard InChI is InChI=1S/C11H8N4O2S/c16-5-1-2-8-6-14-11(18-8)15-10(17)9-7-12-3-4-13-9/h3-4,6-7,16H,5H2,(H,14,15,17). The van der Waals surface area contributed by atoms with Crippen LogP contribution in [0, 0.1) is 11.8 Å². The molecule has 2 N–H and O–H groups in total. The number of amides is 1. The number of aliphatic hydroxyl groups excluding tert-OH is 1. The molecule has 2 aromatic rings. The van der Waals surface area contributed by atoms with E-state index < -0.39 is 0 Å². The van der Waals surface area contributed by atoms with Gasteiger partial charge in [-0.05, 0) is 0 Å². The quantitative estimate of drug-likeness (QED) is 0.769. The molecule has 0 aromatic carbocycles. The molecule has 2 rings (SSSR count). The van der Waals surface area contributed by atoms with Crippen molar-refractivity contribution in [3.63, 3.8) is 0 Å². The summed E-state index contributed by atoms with van der Waals surface area (Å²) >= 11 is 1.22. The fourth-order valence-corrected chi connectivity index (χ4v) is 1.78. The number of nitrogens with zero attached hydrogens (tertiary/aromatic N) is 3. The van der Waals surface area contributed by atoms with Gasteiger partial charge in [-0.1, -0.05) is 23.2 Å². The number of hydrogen-bond donors (Lipinski definition) is 2. The van der Waals surface area contributed by atoms with Crippen molar-refractivity contribution in [3.05, 3.63) is 35.4 Å². The Morgan fingerprint density at radius 2 is 2.28 bits per heavy atom. The Morgan fingerprint density at radius 3 is 3.00 bits per heavy atom. The number of nitrogens with one attached hydrogen (secondary N) is 1. The first-order valence-electron chi connectivity index (χ1n) is 4.92. The van der Waals surface area contributed by atoms with Crippen molar-refractivity contribution in [2.24, 2.45) is 0 Å². The van der Waals surface area contributed by atoms with Crippen LogP contribution >= 0.6 is 11.3 Å². The molecule has 0 saturated carbocycles. The normalized spacial score (nSPS) is 9.39. The average molecular weight is 260 g/mol. The molecule has 2 heterocycles. The van der Waals surface area contributed by atoms with Crippen molar-refractivity contribution in [2.45, 2.75) is 0 Å². The van der Waals surface area contributed by atoms with Gasteiger partial charge in [-0.25, -0.2) is 9.97 Å². The van der Waals surface area contributed by atoms with Crippen molar-refractivity contribution in [2.75, 3.05) is 11.9 Å². The summed E-state index contributed by atoms with van der Waals surface area (Å²) in [5.41, 5.74) is 0.218. The number of thiazole rings is 1. The largest absolute Gasteiger partial charge is 0.384 e. The minimum atomic E-state index is -0.376. The van der Waals surface area contributed by atoms with E-state index in [1.807, 2.05) is 0 Å². The van der Waals surface area contributed by atoms with Crippen molar-refractivity contribution in [3.8, 4) is 11.8 Å². The number of carbonyl (C=O) groups is 1. The average Bonchev–Trinajstić information content (AvgIpc) is 2.85. The highest BCUT2D eigenvalue weighted by Crippen LogP contribution is 2.17. The molecule has 0 fully saturated rings. The van der Waals surface area contributed by atoms with Gasteiger partial charge in [0, 0.05) is 12.4 Å². The molecule has 0 spiro atoms. The maximum atomic E-state index is 11.7. The van der Waals surface area contributed by atoms with E-state index >= 15 is 0 Å². The van der Waals surface area contributed by atoms with Gasteiger partial charge in [-0.15, -0.1) is 0 Å². The molecule has 0 radical (unpaired) electrons. The molecule has 0 bridgehead atoms. The van der Waals surface area contributed by atoms with Crippen LogP contribution in [0.25, 0.3) is 0 Å². The van der Waals surface area contributed by atoms with Gasteiger partial charge in [0.25, 0.3) is 5.91 Å². The SMILES string of the molecule is O=C(Nc1ncc(C#CCO)s1)c1cnccn1. The van der Waals surface area contributed by atoms with E-state index in [9.17, 15) is 4.79 Å². The monoisotopic (exact) mass is 260 g/mol. The molecule has 6 nitrogen and oxygen atoms in total. The van der Waals surface area contributed by atoms with E-state index in [4.69, 9.17) is 5.11 Å². The molecule has 2 aromatic heterocycles. The van der Waals surface area contributed by atoms with Crippen molar-refractivity contribution >= 4 is 22.4 Å². The molecule has 90 valence electrons. The zero-order chi connectivity index (χ0) is 12.8. The van der Waals surface area contributed by atoms with Crippen LogP contribution in [-0.4, -0.2) is 32.6 Å². The van der Waals surface area contributed by atoms with Crippen LogP contribution in [0.3, 0.4) is 0 Å². The second kappa shape index (κ2) is 5.86. The number of aromatic nitrogens is 3. The molecule has 0 aliphatic heterocycles. The lowest BCUT2D eigenvalue weighted by atomic mass is 10.4. The first-order chi connectivity index (χ1) is 8.79. The second-order valence-electron chi connectivity index (χ2n) is 3.03. The zero-order valence-corrected chi connectivity index (χ0v) is 9.94. The van der Waals surface area contributed by atoms with Gasteiger partial charge in [0.2, 0.25) is 0 Å². The van der Waals surface area contributed by atoms with Crippen molar-refractivity contribution in [1.29, 1.82) is 0 Å². The lowest BCUT2D eigenvalue weighted by Crippen LogP contribution is -2.13. The number of rotatable bonds is 2. The lowest BCUT2D eigenvalue weighted by molar-refractivity contribution is 0.102. The van der Waals surface area contributed by atoms with E-state index in [2.05, 4.69) is 32.1 Å². The summed E-state index contributed by atoms with van der Waals surface area (Å²) in [6, 6.07) is 0. The predicted molar refractivity (Wildman–Crippen MR) is 66.1 cm³/mol. The predicted octanol–water partition coefficient (Wildman–Crippen LogP) is 0.529. The first-order valence-corrected chi connectivity index (χ1v) is 5.74. The number of anilines is 1. The van der Waals surface area contributed by atoms with Gasteiger partial charge in [0.15, 0.2) is 5.13 Å². The summed E-state index contributed by atoms with van der Waals surface area (Å²) in [6.45, 7) is -0.209.